The van der Waals surface area contributed by atoms with Crippen LogP contribution in [0.1, 0.15) is 25.0 Å². The number of aliphatic imine (C=N–C) groups is 1. The van der Waals surface area contributed by atoms with Crippen molar-refractivity contribution in [2.24, 2.45) is 4.99 Å². The van der Waals surface area contributed by atoms with Crippen LogP contribution < -0.4 is 20.1 Å². The maximum Gasteiger partial charge on any atom is 0.191 e. The highest BCUT2D eigenvalue weighted by atomic mass is 19.1. The Morgan fingerprint density at radius 3 is 2.59 bits per heavy atom. The van der Waals surface area contributed by atoms with Gasteiger partial charge in [-0.3, -0.25) is 4.99 Å². The van der Waals surface area contributed by atoms with Crippen molar-refractivity contribution in [1.29, 1.82) is 0 Å². The van der Waals surface area contributed by atoms with Gasteiger partial charge in [-0.2, -0.15) is 0 Å². The van der Waals surface area contributed by atoms with Crippen LogP contribution in [0.5, 0.6) is 11.5 Å². The SMILES string of the molecule is CN=C(NCc1cccc(F)c1)NCC(C)(C)c1ccc2c(c1)OCCO2. The van der Waals surface area contributed by atoms with Crippen molar-refractivity contribution in [3.63, 3.8) is 0 Å². The molecule has 0 fully saturated rings. The van der Waals surface area contributed by atoms with E-state index < -0.39 is 0 Å². The first-order valence-corrected chi connectivity index (χ1v) is 9.07. The number of nitrogens with zero attached hydrogens (tertiary/aromatic N) is 1. The predicted octanol–water partition coefficient (Wildman–Crippen LogP) is 3.24. The summed E-state index contributed by atoms with van der Waals surface area (Å²) in [4.78, 5) is 4.25. The molecule has 0 amide bonds. The standard InChI is InChI=1S/C21H26FN3O2/c1-21(2,16-7-8-18-19(12-16)27-10-9-26-18)14-25-20(23-3)24-13-15-5-4-6-17(22)11-15/h4-8,11-12H,9-10,13-14H2,1-3H3,(H2,23,24,25). The second kappa shape index (κ2) is 8.29. The van der Waals surface area contributed by atoms with Crippen molar-refractivity contribution >= 4 is 5.96 Å². The predicted molar refractivity (Wildman–Crippen MR) is 105 cm³/mol. The molecular weight excluding hydrogens is 345 g/mol. The summed E-state index contributed by atoms with van der Waals surface area (Å²) < 4.78 is 24.6. The van der Waals surface area contributed by atoms with Crippen molar-refractivity contribution < 1.29 is 13.9 Å². The molecule has 0 saturated heterocycles. The van der Waals surface area contributed by atoms with Gasteiger partial charge in [0, 0.05) is 25.6 Å². The molecule has 2 N–H and O–H groups in total. The molecule has 0 saturated carbocycles. The highest BCUT2D eigenvalue weighted by Gasteiger charge is 2.23. The van der Waals surface area contributed by atoms with Gasteiger partial charge in [0.1, 0.15) is 19.0 Å². The number of benzene rings is 2. The van der Waals surface area contributed by atoms with Crippen LogP contribution in [0, 0.1) is 5.82 Å². The Hall–Kier alpha value is -2.76. The van der Waals surface area contributed by atoms with Crippen LogP contribution in [0.15, 0.2) is 47.5 Å². The van der Waals surface area contributed by atoms with Gasteiger partial charge in [0.05, 0.1) is 0 Å². The van der Waals surface area contributed by atoms with Crippen LogP contribution in [0.2, 0.25) is 0 Å². The first kappa shape index (κ1) is 19.0. The Morgan fingerprint density at radius 2 is 1.85 bits per heavy atom. The fourth-order valence-electron chi connectivity index (χ4n) is 2.92. The average Bonchev–Trinajstić information content (AvgIpc) is 2.68. The number of fused-ring (bicyclic) bond motifs is 1. The number of halogens is 1. The molecular formula is C21H26FN3O2. The molecule has 2 aromatic rings. The van der Waals surface area contributed by atoms with E-state index in [0.29, 0.717) is 32.3 Å². The summed E-state index contributed by atoms with van der Waals surface area (Å²) in [5.41, 5.74) is 1.87. The Kier molecular flexibility index (Phi) is 5.84. The van der Waals surface area contributed by atoms with Crippen LogP contribution in [-0.4, -0.2) is 32.8 Å². The van der Waals surface area contributed by atoms with Gasteiger partial charge >= 0.3 is 0 Å². The molecule has 2 aromatic carbocycles. The highest BCUT2D eigenvalue weighted by molar-refractivity contribution is 5.79. The Balaban J connectivity index is 1.59. The Morgan fingerprint density at radius 1 is 1.07 bits per heavy atom. The molecule has 0 bridgehead atoms. The zero-order chi connectivity index (χ0) is 19.3. The normalized spacial score (nSPS) is 14.0. The van der Waals surface area contributed by atoms with Crippen LogP contribution in [0.3, 0.4) is 0 Å². The summed E-state index contributed by atoms with van der Waals surface area (Å²) in [6.07, 6.45) is 0. The van der Waals surface area contributed by atoms with E-state index in [0.717, 1.165) is 22.6 Å². The molecule has 1 aliphatic rings. The summed E-state index contributed by atoms with van der Waals surface area (Å²) in [5, 5.41) is 6.56. The quantitative estimate of drug-likeness (QED) is 0.626. The molecule has 1 aliphatic heterocycles. The van der Waals surface area contributed by atoms with Gasteiger partial charge in [0.25, 0.3) is 0 Å². The molecule has 0 aliphatic carbocycles. The molecule has 0 atom stereocenters. The molecule has 0 unspecified atom stereocenters. The van der Waals surface area contributed by atoms with Gasteiger partial charge in [0.15, 0.2) is 17.5 Å². The van der Waals surface area contributed by atoms with E-state index in [1.54, 1.807) is 13.1 Å². The van der Waals surface area contributed by atoms with E-state index in [9.17, 15) is 4.39 Å². The summed E-state index contributed by atoms with van der Waals surface area (Å²) in [7, 11) is 1.72. The van der Waals surface area contributed by atoms with Crippen molar-refractivity contribution in [3.8, 4) is 11.5 Å². The fourth-order valence-corrected chi connectivity index (χ4v) is 2.92. The van der Waals surface area contributed by atoms with Crippen molar-refractivity contribution in [2.45, 2.75) is 25.8 Å². The molecule has 6 heteroatoms. The lowest BCUT2D eigenvalue weighted by atomic mass is 9.84. The average molecular weight is 371 g/mol. The number of hydrogen-bond acceptors (Lipinski definition) is 3. The minimum absolute atomic E-state index is 0.147. The minimum Gasteiger partial charge on any atom is -0.486 e. The lowest BCUT2D eigenvalue weighted by Crippen LogP contribution is -2.43. The number of guanidine groups is 1. The zero-order valence-electron chi connectivity index (χ0n) is 16.0. The van der Waals surface area contributed by atoms with Crippen LogP contribution in [0.25, 0.3) is 0 Å². The lowest BCUT2D eigenvalue weighted by molar-refractivity contribution is 0.171. The largest absolute Gasteiger partial charge is 0.486 e. The monoisotopic (exact) mass is 371 g/mol. The van der Waals surface area contributed by atoms with Crippen molar-refractivity contribution in [2.75, 3.05) is 26.8 Å². The van der Waals surface area contributed by atoms with Crippen molar-refractivity contribution in [1.82, 2.24) is 10.6 Å². The second-order valence-electron chi connectivity index (χ2n) is 7.15. The molecule has 27 heavy (non-hydrogen) atoms. The third-order valence-corrected chi connectivity index (χ3v) is 4.59. The summed E-state index contributed by atoms with van der Waals surface area (Å²) in [5.74, 6) is 2.02. The van der Waals surface area contributed by atoms with Gasteiger partial charge in [-0.25, -0.2) is 4.39 Å². The molecule has 0 spiro atoms. The summed E-state index contributed by atoms with van der Waals surface area (Å²) >= 11 is 0. The van der Waals surface area contributed by atoms with Crippen molar-refractivity contribution in [3.05, 3.63) is 59.4 Å². The minimum atomic E-state index is -0.239. The van der Waals surface area contributed by atoms with E-state index in [4.69, 9.17) is 9.47 Å². The third-order valence-electron chi connectivity index (χ3n) is 4.59. The van der Waals surface area contributed by atoms with Gasteiger partial charge in [-0.15, -0.1) is 0 Å². The van der Waals surface area contributed by atoms with Gasteiger partial charge in [-0.05, 0) is 35.4 Å². The van der Waals surface area contributed by atoms with E-state index in [2.05, 4.69) is 35.5 Å². The van der Waals surface area contributed by atoms with Crippen LogP contribution >= 0.6 is 0 Å². The summed E-state index contributed by atoms with van der Waals surface area (Å²) in [6, 6.07) is 12.6. The third kappa shape index (κ3) is 4.90. The smallest absolute Gasteiger partial charge is 0.191 e. The van der Waals surface area contributed by atoms with E-state index in [-0.39, 0.29) is 11.2 Å². The molecule has 3 rings (SSSR count). The lowest BCUT2D eigenvalue weighted by Gasteiger charge is -2.28. The molecule has 5 nitrogen and oxygen atoms in total. The summed E-state index contributed by atoms with van der Waals surface area (Å²) in [6.45, 7) is 6.66. The number of ether oxygens (including phenoxy) is 2. The molecule has 1 heterocycles. The number of hydrogen-bond donors (Lipinski definition) is 2. The van der Waals surface area contributed by atoms with Crippen LogP contribution in [-0.2, 0) is 12.0 Å². The van der Waals surface area contributed by atoms with Gasteiger partial charge in [-0.1, -0.05) is 32.0 Å². The second-order valence-corrected chi connectivity index (χ2v) is 7.15. The number of rotatable bonds is 5. The highest BCUT2D eigenvalue weighted by Crippen LogP contribution is 2.34. The maximum absolute atomic E-state index is 13.3. The Labute approximate surface area is 159 Å². The first-order valence-electron chi connectivity index (χ1n) is 9.07. The van der Waals surface area contributed by atoms with Gasteiger partial charge < -0.3 is 20.1 Å². The molecule has 0 aromatic heterocycles. The molecule has 0 radical (unpaired) electrons. The van der Waals surface area contributed by atoms with Crippen LogP contribution in [0.4, 0.5) is 4.39 Å². The van der Waals surface area contributed by atoms with E-state index >= 15 is 0 Å². The van der Waals surface area contributed by atoms with E-state index in [1.165, 1.54) is 12.1 Å². The Bertz CT molecular complexity index is 821. The number of nitrogens with one attached hydrogen (secondary N) is 2. The maximum atomic E-state index is 13.3. The fraction of sp³-hybridized carbons (Fsp3) is 0.381. The first-order chi connectivity index (χ1) is 13.0. The molecule has 144 valence electrons. The zero-order valence-corrected chi connectivity index (χ0v) is 16.0. The van der Waals surface area contributed by atoms with E-state index in [1.807, 2.05) is 18.2 Å². The topological polar surface area (TPSA) is 54.9 Å². The van der Waals surface area contributed by atoms with Gasteiger partial charge in [0.2, 0.25) is 0 Å².